The Morgan fingerprint density at radius 1 is 0.952 bits per heavy atom. The molecule has 0 spiro atoms. The quantitative estimate of drug-likeness (QED) is 0.597. The van der Waals surface area contributed by atoms with Crippen molar-refractivity contribution in [3.63, 3.8) is 0 Å². The second-order valence-electron chi connectivity index (χ2n) is 4.49. The summed E-state index contributed by atoms with van der Waals surface area (Å²) in [6.45, 7) is 0. The Bertz CT molecular complexity index is 774. The van der Waals surface area contributed by atoms with Crippen molar-refractivity contribution >= 4 is 25.8 Å². The smallest absolute Gasteiger partial charge is 0.175 e. The Kier molecular flexibility index (Phi) is 4.43. The first kappa shape index (κ1) is 16.0. The lowest BCUT2D eigenvalue weighted by molar-refractivity contribution is 0.491. The van der Waals surface area contributed by atoms with Gasteiger partial charge in [0.1, 0.15) is 5.82 Å². The van der Waals surface area contributed by atoms with Gasteiger partial charge in [-0.1, -0.05) is 28.1 Å². The molecule has 0 radical (unpaired) electrons. The first-order valence-electron chi connectivity index (χ1n) is 5.78. The van der Waals surface area contributed by atoms with Crippen molar-refractivity contribution in [2.45, 2.75) is 9.72 Å². The molecule has 0 heterocycles. The number of halogens is 4. The van der Waals surface area contributed by atoms with Crippen LogP contribution in [0.4, 0.5) is 13.2 Å². The zero-order valence-electron chi connectivity index (χ0n) is 10.8. The van der Waals surface area contributed by atoms with Crippen molar-refractivity contribution in [3.05, 3.63) is 65.0 Å². The molecule has 0 bridgehead atoms. The van der Waals surface area contributed by atoms with Gasteiger partial charge in [0.2, 0.25) is 0 Å². The van der Waals surface area contributed by atoms with Crippen LogP contribution in [-0.2, 0) is 9.84 Å². The molecule has 1 unspecified atom stereocenters. The van der Waals surface area contributed by atoms with Crippen LogP contribution in [0.25, 0.3) is 0 Å². The number of alkyl halides is 1. The molecule has 1 atom stereocenters. The number of hydrogen-bond donors (Lipinski definition) is 0. The van der Waals surface area contributed by atoms with Crippen molar-refractivity contribution in [2.24, 2.45) is 0 Å². The minimum absolute atomic E-state index is 0.0685. The van der Waals surface area contributed by atoms with Gasteiger partial charge in [0, 0.05) is 17.9 Å². The minimum atomic E-state index is -3.33. The van der Waals surface area contributed by atoms with E-state index in [1.165, 1.54) is 24.3 Å². The number of hydrogen-bond acceptors (Lipinski definition) is 2. The van der Waals surface area contributed by atoms with E-state index in [2.05, 4.69) is 15.9 Å². The van der Waals surface area contributed by atoms with Crippen LogP contribution < -0.4 is 0 Å². The van der Waals surface area contributed by atoms with Crippen molar-refractivity contribution in [1.82, 2.24) is 0 Å². The average Bonchev–Trinajstić information content (AvgIpc) is 2.41. The molecule has 2 aromatic rings. The van der Waals surface area contributed by atoms with E-state index < -0.39 is 32.1 Å². The van der Waals surface area contributed by atoms with E-state index in [0.29, 0.717) is 11.6 Å². The molecule has 2 rings (SSSR count). The van der Waals surface area contributed by atoms with Crippen LogP contribution in [0.2, 0.25) is 0 Å². The van der Waals surface area contributed by atoms with Gasteiger partial charge in [-0.3, -0.25) is 0 Å². The fourth-order valence-electron chi connectivity index (χ4n) is 1.80. The van der Waals surface area contributed by atoms with E-state index in [-0.39, 0.29) is 10.5 Å². The monoisotopic (exact) mass is 378 g/mol. The zero-order chi connectivity index (χ0) is 15.8. The molecule has 2 nitrogen and oxygen atoms in total. The highest BCUT2D eigenvalue weighted by Gasteiger charge is 2.19. The second-order valence-corrected chi connectivity index (χ2v) is 7.42. The third-order valence-corrected chi connectivity index (χ3v) is 5.06. The molecular formula is C14H10BrF3O2S. The minimum Gasteiger partial charge on any atom is -0.224 e. The summed E-state index contributed by atoms with van der Waals surface area (Å²) in [4.78, 5) is -0.599. The van der Waals surface area contributed by atoms with Gasteiger partial charge < -0.3 is 0 Å². The highest BCUT2D eigenvalue weighted by Crippen LogP contribution is 2.33. The maximum Gasteiger partial charge on any atom is 0.175 e. The van der Waals surface area contributed by atoms with Crippen molar-refractivity contribution in [3.8, 4) is 0 Å². The van der Waals surface area contributed by atoms with Crippen LogP contribution in [0.3, 0.4) is 0 Å². The summed E-state index contributed by atoms with van der Waals surface area (Å²) >= 11 is 3.20. The molecule has 7 heteroatoms. The summed E-state index contributed by atoms with van der Waals surface area (Å²) in [6.07, 6.45) is 1.07. The van der Waals surface area contributed by atoms with Crippen molar-refractivity contribution < 1.29 is 21.6 Å². The maximum absolute atomic E-state index is 13.7. The van der Waals surface area contributed by atoms with E-state index in [0.717, 1.165) is 12.3 Å². The Hall–Kier alpha value is -1.34. The van der Waals surface area contributed by atoms with Crippen LogP contribution in [-0.4, -0.2) is 14.7 Å². The molecule has 0 aromatic heterocycles. The Morgan fingerprint density at radius 3 is 2.00 bits per heavy atom. The van der Waals surface area contributed by atoms with Gasteiger partial charge in [0.25, 0.3) is 0 Å². The Labute approximate surface area is 128 Å². The van der Waals surface area contributed by atoms with Crippen LogP contribution in [0.1, 0.15) is 16.0 Å². The predicted octanol–water partition coefficient (Wildman–Crippen LogP) is 3.99. The molecule has 2 aromatic carbocycles. The molecule has 0 aliphatic rings. The molecule has 0 saturated heterocycles. The van der Waals surface area contributed by atoms with Crippen LogP contribution >= 0.6 is 15.9 Å². The summed E-state index contributed by atoms with van der Waals surface area (Å²) < 4.78 is 62.5. The fraction of sp³-hybridized carbons (Fsp3) is 0.143. The largest absolute Gasteiger partial charge is 0.224 e. The zero-order valence-corrected chi connectivity index (χ0v) is 13.2. The Balaban J connectivity index is 2.41. The van der Waals surface area contributed by atoms with Crippen LogP contribution in [0.5, 0.6) is 0 Å². The fourth-order valence-corrected chi connectivity index (χ4v) is 3.08. The highest BCUT2D eigenvalue weighted by atomic mass is 79.9. The predicted molar refractivity (Wildman–Crippen MR) is 76.6 cm³/mol. The van der Waals surface area contributed by atoms with Gasteiger partial charge in [-0.25, -0.2) is 21.6 Å². The number of sulfone groups is 1. The van der Waals surface area contributed by atoms with Gasteiger partial charge in [0.15, 0.2) is 21.5 Å². The lowest BCUT2D eigenvalue weighted by atomic mass is 10.0. The van der Waals surface area contributed by atoms with E-state index in [9.17, 15) is 21.6 Å². The second kappa shape index (κ2) is 5.81. The molecule has 0 saturated carbocycles. The highest BCUT2D eigenvalue weighted by molar-refractivity contribution is 9.09. The normalized spacial score (nSPS) is 13.2. The number of benzene rings is 2. The summed E-state index contributed by atoms with van der Waals surface area (Å²) in [7, 11) is -3.33. The number of rotatable bonds is 3. The maximum atomic E-state index is 13.7. The third-order valence-electron chi connectivity index (χ3n) is 2.91. The molecular weight excluding hydrogens is 369 g/mol. The van der Waals surface area contributed by atoms with E-state index >= 15 is 0 Å². The molecule has 21 heavy (non-hydrogen) atoms. The standard InChI is InChI=1S/C14H10BrF3O2S/c1-21(19,20)9-4-2-8(3-5-9)14(15)10-6-12(17)13(18)7-11(10)16/h2-7,14H,1H3. The van der Waals surface area contributed by atoms with E-state index in [4.69, 9.17) is 0 Å². The van der Waals surface area contributed by atoms with Crippen LogP contribution in [0, 0.1) is 17.5 Å². The van der Waals surface area contributed by atoms with Gasteiger partial charge >= 0.3 is 0 Å². The molecule has 0 fully saturated rings. The first-order chi connectivity index (χ1) is 9.70. The first-order valence-corrected chi connectivity index (χ1v) is 8.59. The van der Waals surface area contributed by atoms with Crippen LogP contribution in [0.15, 0.2) is 41.3 Å². The molecule has 0 amide bonds. The van der Waals surface area contributed by atoms with Gasteiger partial charge in [-0.15, -0.1) is 0 Å². The molecule has 112 valence electrons. The molecule has 0 aliphatic heterocycles. The summed E-state index contributed by atoms with van der Waals surface area (Å²) in [6, 6.07) is 6.96. The molecule has 0 aliphatic carbocycles. The SMILES string of the molecule is CS(=O)(=O)c1ccc(C(Br)c2cc(F)c(F)cc2F)cc1. The average molecular weight is 379 g/mol. The third kappa shape index (κ3) is 3.47. The van der Waals surface area contributed by atoms with Crippen molar-refractivity contribution in [1.29, 1.82) is 0 Å². The Morgan fingerprint density at radius 2 is 1.48 bits per heavy atom. The lowest BCUT2D eigenvalue weighted by Crippen LogP contribution is -2.01. The van der Waals surface area contributed by atoms with E-state index in [1.54, 1.807) is 0 Å². The summed E-state index contributed by atoms with van der Waals surface area (Å²) in [5.74, 6) is -3.30. The molecule has 0 N–H and O–H groups in total. The topological polar surface area (TPSA) is 34.1 Å². The van der Waals surface area contributed by atoms with Gasteiger partial charge in [0.05, 0.1) is 9.72 Å². The summed E-state index contributed by atoms with van der Waals surface area (Å²) in [5.41, 5.74) is 0.452. The summed E-state index contributed by atoms with van der Waals surface area (Å²) in [5, 5.41) is 0. The van der Waals surface area contributed by atoms with Crippen molar-refractivity contribution in [2.75, 3.05) is 6.26 Å². The van der Waals surface area contributed by atoms with Gasteiger partial charge in [-0.05, 0) is 23.8 Å². The van der Waals surface area contributed by atoms with E-state index in [1.807, 2.05) is 0 Å². The lowest BCUT2D eigenvalue weighted by Gasteiger charge is -2.12. The van der Waals surface area contributed by atoms with Gasteiger partial charge in [-0.2, -0.15) is 0 Å².